The summed E-state index contributed by atoms with van der Waals surface area (Å²) in [5.41, 5.74) is -0.538. The first-order valence-electron chi connectivity index (χ1n) is 7.73. The highest BCUT2D eigenvalue weighted by Gasteiger charge is 2.30. The minimum absolute atomic E-state index is 0.0619. The van der Waals surface area contributed by atoms with Crippen molar-refractivity contribution in [1.29, 1.82) is 0 Å². The summed E-state index contributed by atoms with van der Waals surface area (Å²) in [5, 5.41) is 15.5. The summed E-state index contributed by atoms with van der Waals surface area (Å²) in [6.07, 6.45) is 0. The van der Waals surface area contributed by atoms with Crippen LogP contribution in [0, 0.1) is 0 Å². The molecule has 0 unspecified atom stereocenters. The van der Waals surface area contributed by atoms with Gasteiger partial charge in [-0.1, -0.05) is 12.1 Å². The van der Waals surface area contributed by atoms with E-state index in [9.17, 15) is 14.7 Å². The maximum atomic E-state index is 12.0. The molecule has 3 N–H and O–H groups in total. The number of para-hydroxylation sites is 2. The van der Waals surface area contributed by atoms with E-state index in [1.54, 1.807) is 47.8 Å². The van der Waals surface area contributed by atoms with Crippen LogP contribution in [-0.4, -0.2) is 58.7 Å². The van der Waals surface area contributed by atoms with Crippen LogP contribution in [0.4, 0.5) is 5.69 Å². The minimum atomic E-state index is -0.981. The van der Waals surface area contributed by atoms with Gasteiger partial charge in [-0.2, -0.15) is 23.5 Å². The Morgan fingerprint density at radius 2 is 1.88 bits per heavy atom. The molecule has 0 spiro atoms. The Labute approximate surface area is 150 Å². The van der Waals surface area contributed by atoms with Crippen LogP contribution in [-0.2, 0) is 9.59 Å². The smallest absolute Gasteiger partial charge is 0.313 e. The molecule has 0 aromatic heterocycles. The number of thioether (sulfide) groups is 2. The maximum absolute atomic E-state index is 12.0. The molecule has 1 aromatic carbocycles. The van der Waals surface area contributed by atoms with E-state index in [1.165, 1.54) is 0 Å². The molecule has 132 valence electrons. The second-order valence-corrected chi connectivity index (χ2v) is 7.61. The highest BCUT2D eigenvalue weighted by atomic mass is 32.2. The van der Waals surface area contributed by atoms with Crippen molar-refractivity contribution in [3.8, 4) is 5.75 Å². The van der Waals surface area contributed by atoms with Gasteiger partial charge < -0.3 is 20.5 Å². The topological polar surface area (TPSA) is 87.7 Å². The molecule has 6 nitrogen and oxygen atoms in total. The Bertz CT molecular complexity index is 575. The SMILES string of the molecule is CCOc1ccccc1NC(=O)C(=O)NCC1(O)CSCCSC1. The summed E-state index contributed by atoms with van der Waals surface area (Å²) in [6.45, 7) is 2.36. The first-order valence-corrected chi connectivity index (χ1v) is 10.0. The van der Waals surface area contributed by atoms with E-state index in [0.717, 1.165) is 11.5 Å². The van der Waals surface area contributed by atoms with Gasteiger partial charge >= 0.3 is 11.8 Å². The number of nitrogens with one attached hydrogen (secondary N) is 2. The Balaban J connectivity index is 1.89. The number of hydrogen-bond acceptors (Lipinski definition) is 6. The summed E-state index contributed by atoms with van der Waals surface area (Å²) < 4.78 is 5.41. The number of rotatable bonds is 5. The molecule has 0 radical (unpaired) electrons. The van der Waals surface area contributed by atoms with Gasteiger partial charge in [-0.25, -0.2) is 0 Å². The predicted octanol–water partition coefficient (Wildman–Crippen LogP) is 1.35. The monoisotopic (exact) mass is 370 g/mol. The zero-order chi connectivity index (χ0) is 17.4. The van der Waals surface area contributed by atoms with Gasteiger partial charge in [-0.05, 0) is 19.1 Å². The molecule has 24 heavy (non-hydrogen) atoms. The molecule has 0 saturated carbocycles. The van der Waals surface area contributed by atoms with E-state index in [-0.39, 0.29) is 6.54 Å². The molecule has 8 heteroatoms. The molecular weight excluding hydrogens is 348 g/mol. The fraction of sp³-hybridized carbons (Fsp3) is 0.500. The summed E-state index contributed by atoms with van der Waals surface area (Å²) in [6, 6.07) is 6.93. The molecule has 0 bridgehead atoms. The third kappa shape index (κ3) is 5.61. The van der Waals surface area contributed by atoms with Crippen molar-refractivity contribution in [2.45, 2.75) is 12.5 Å². The normalized spacial score (nSPS) is 16.8. The first kappa shape index (κ1) is 19.0. The van der Waals surface area contributed by atoms with Crippen LogP contribution in [0.3, 0.4) is 0 Å². The standard InChI is InChI=1S/C16H22N2O4S2/c1-2-22-13-6-4-3-5-12(13)18-15(20)14(19)17-9-16(21)10-23-7-8-24-11-16/h3-6,21H,2,7-11H2,1H3,(H,17,19)(H,18,20). The average Bonchev–Trinajstić information content (AvgIpc) is 2.80. The van der Waals surface area contributed by atoms with E-state index < -0.39 is 17.4 Å². The summed E-state index contributed by atoms with van der Waals surface area (Å²) in [4.78, 5) is 24.0. The molecule has 2 amide bonds. The number of aliphatic hydroxyl groups is 1. The van der Waals surface area contributed by atoms with Crippen LogP contribution in [0.25, 0.3) is 0 Å². The van der Waals surface area contributed by atoms with Crippen LogP contribution in [0.2, 0.25) is 0 Å². The first-order chi connectivity index (χ1) is 11.5. The molecule has 1 aliphatic heterocycles. The van der Waals surface area contributed by atoms with Crippen LogP contribution in [0.1, 0.15) is 6.92 Å². The Morgan fingerprint density at radius 3 is 2.54 bits per heavy atom. The van der Waals surface area contributed by atoms with Gasteiger partial charge in [0.15, 0.2) is 0 Å². The second kappa shape index (κ2) is 9.19. The lowest BCUT2D eigenvalue weighted by molar-refractivity contribution is -0.136. The lowest BCUT2D eigenvalue weighted by atomic mass is 10.1. The van der Waals surface area contributed by atoms with Crippen LogP contribution in [0.5, 0.6) is 5.75 Å². The van der Waals surface area contributed by atoms with Crippen molar-refractivity contribution in [2.75, 3.05) is 41.5 Å². The largest absolute Gasteiger partial charge is 0.492 e. The predicted molar refractivity (Wildman–Crippen MR) is 98.9 cm³/mol. The highest BCUT2D eigenvalue weighted by Crippen LogP contribution is 2.25. The number of carbonyl (C=O) groups excluding carboxylic acids is 2. The Kier molecular flexibility index (Phi) is 7.26. The quantitative estimate of drug-likeness (QED) is 0.678. The van der Waals surface area contributed by atoms with Gasteiger partial charge in [0.2, 0.25) is 0 Å². The lowest BCUT2D eigenvalue weighted by Crippen LogP contribution is -2.49. The number of ether oxygens (including phenoxy) is 1. The second-order valence-electron chi connectivity index (χ2n) is 5.40. The van der Waals surface area contributed by atoms with Crippen molar-refractivity contribution >= 4 is 41.0 Å². The fourth-order valence-corrected chi connectivity index (χ4v) is 4.67. The Hall–Kier alpha value is -1.38. The molecule has 1 aliphatic rings. The molecule has 0 atom stereocenters. The summed E-state index contributed by atoms with van der Waals surface area (Å²) in [5.74, 6) is 2.03. The maximum Gasteiger partial charge on any atom is 0.313 e. The van der Waals surface area contributed by atoms with E-state index in [4.69, 9.17) is 4.74 Å². The van der Waals surface area contributed by atoms with E-state index in [1.807, 2.05) is 6.92 Å². The molecule has 1 aromatic rings. The Morgan fingerprint density at radius 1 is 1.21 bits per heavy atom. The van der Waals surface area contributed by atoms with Gasteiger partial charge in [-0.3, -0.25) is 9.59 Å². The van der Waals surface area contributed by atoms with Crippen LogP contribution < -0.4 is 15.4 Å². The molecule has 0 aliphatic carbocycles. The summed E-state index contributed by atoms with van der Waals surface area (Å²) in [7, 11) is 0. The third-order valence-electron chi connectivity index (χ3n) is 3.33. The fourth-order valence-electron chi connectivity index (χ4n) is 2.14. The summed E-state index contributed by atoms with van der Waals surface area (Å²) >= 11 is 3.31. The van der Waals surface area contributed by atoms with E-state index in [2.05, 4.69) is 10.6 Å². The minimum Gasteiger partial charge on any atom is -0.492 e. The molecule has 1 saturated heterocycles. The zero-order valence-electron chi connectivity index (χ0n) is 13.5. The number of anilines is 1. The van der Waals surface area contributed by atoms with Gasteiger partial charge in [0, 0.05) is 29.6 Å². The van der Waals surface area contributed by atoms with Gasteiger partial charge in [-0.15, -0.1) is 0 Å². The van der Waals surface area contributed by atoms with Crippen LogP contribution >= 0.6 is 23.5 Å². The molecule has 1 fully saturated rings. The highest BCUT2D eigenvalue weighted by molar-refractivity contribution is 8.03. The van der Waals surface area contributed by atoms with Crippen molar-refractivity contribution in [3.05, 3.63) is 24.3 Å². The lowest BCUT2D eigenvalue weighted by Gasteiger charge is -2.25. The van der Waals surface area contributed by atoms with Crippen molar-refractivity contribution in [1.82, 2.24) is 5.32 Å². The number of amides is 2. The van der Waals surface area contributed by atoms with Crippen LogP contribution in [0.15, 0.2) is 24.3 Å². The number of benzene rings is 1. The third-order valence-corrected chi connectivity index (χ3v) is 6.06. The van der Waals surface area contributed by atoms with E-state index >= 15 is 0 Å². The number of carbonyl (C=O) groups is 2. The van der Waals surface area contributed by atoms with Gasteiger partial charge in [0.1, 0.15) is 5.75 Å². The van der Waals surface area contributed by atoms with Crippen molar-refractivity contribution < 1.29 is 19.4 Å². The van der Waals surface area contributed by atoms with Gasteiger partial charge in [0.05, 0.1) is 17.9 Å². The average molecular weight is 370 g/mol. The van der Waals surface area contributed by atoms with Crippen molar-refractivity contribution in [3.63, 3.8) is 0 Å². The number of hydrogen-bond donors (Lipinski definition) is 3. The van der Waals surface area contributed by atoms with E-state index in [0.29, 0.717) is 29.5 Å². The molecular formula is C16H22N2O4S2. The molecule has 2 rings (SSSR count). The zero-order valence-corrected chi connectivity index (χ0v) is 15.2. The molecule has 1 heterocycles. The van der Waals surface area contributed by atoms with Crippen molar-refractivity contribution in [2.24, 2.45) is 0 Å². The van der Waals surface area contributed by atoms with Gasteiger partial charge in [0.25, 0.3) is 0 Å².